The first-order chi connectivity index (χ1) is 14.6. The average molecular weight is 434 g/mol. The molecule has 2 aliphatic rings. The molecule has 9 heteroatoms. The first-order valence-corrected chi connectivity index (χ1v) is 10.4. The van der Waals surface area contributed by atoms with Crippen LogP contribution in [0.5, 0.6) is 11.5 Å². The molecule has 2 N–H and O–H groups in total. The van der Waals surface area contributed by atoms with Gasteiger partial charge in [-0.25, -0.2) is 0 Å². The quantitative estimate of drug-likeness (QED) is 0.727. The van der Waals surface area contributed by atoms with Gasteiger partial charge in [-0.05, 0) is 31.5 Å². The molecule has 0 radical (unpaired) electrons. The van der Waals surface area contributed by atoms with E-state index < -0.39 is 0 Å². The van der Waals surface area contributed by atoms with Crippen molar-refractivity contribution in [1.82, 2.24) is 10.2 Å². The van der Waals surface area contributed by atoms with Crippen LogP contribution < -0.4 is 20.1 Å². The Morgan fingerprint density at radius 2 is 1.97 bits per heavy atom. The third kappa shape index (κ3) is 4.88. The van der Waals surface area contributed by atoms with Crippen LogP contribution in [0.25, 0.3) is 0 Å². The number of halogens is 1. The minimum Gasteiger partial charge on any atom is -0.490 e. The molecular formula is C21H24ClN3O5. The van der Waals surface area contributed by atoms with E-state index in [1.807, 2.05) is 4.90 Å². The maximum Gasteiger partial charge on any atom is 0.238 e. The lowest BCUT2D eigenvalue weighted by molar-refractivity contribution is -0.126. The number of furan rings is 1. The van der Waals surface area contributed by atoms with Crippen molar-refractivity contribution >= 4 is 29.1 Å². The fraction of sp³-hybridized carbons (Fsp3) is 0.429. The second-order valence-corrected chi connectivity index (χ2v) is 7.71. The van der Waals surface area contributed by atoms with Crippen LogP contribution in [0.3, 0.4) is 0 Å². The van der Waals surface area contributed by atoms with E-state index in [4.69, 9.17) is 25.5 Å². The maximum absolute atomic E-state index is 12.6. The Balaban J connectivity index is 1.35. The van der Waals surface area contributed by atoms with Gasteiger partial charge in [-0.3, -0.25) is 14.5 Å². The third-order valence-corrected chi connectivity index (χ3v) is 5.45. The molecule has 2 aliphatic heterocycles. The third-order valence-electron chi connectivity index (χ3n) is 5.14. The zero-order valence-corrected chi connectivity index (χ0v) is 17.2. The standard InChI is InChI=1S/C21H24ClN3O5/c22-15-10-18-19(30-9-3-8-29-18)11-16(15)24-20(26)13-25-6-1-5-17(25)21(27)23-12-14-4-2-7-28-14/h2,4,7,10-11,17H,1,3,5-6,8-9,12-13H2,(H,23,27)(H,24,26). The van der Waals surface area contributed by atoms with E-state index in [9.17, 15) is 9.59 Å². The number of amides is 2. The van der Waals surface area contributed by atoms with Gasteiger partial charge in [0.25, 0.3) is 0 Å². The first kappa shape index (κ1) is 20.6. The summed E-state index contributed by atoms with van der Waals surface area (Å²) in [5, 5.41) is 6.07. The molecule has 1 unspecified atom stereocenters. The minimum atomic E-state index is -0.343. The predicted octanol–water partition coefficient (Wildman–Crippen LogP) is 2.81. The highest BCUT2D eigenvalue weighted by molar-refractivity contribution is 6.34. The van der Waals surface area contributed by atoms with E-state index >= 15 is 0 Å². The van der Waals surface area contributed by atoms with Crippen molar-refractivity contribution in [2.75, 3.05) is 31.6 Å². The molecule has 1 saturated heterocycles. The molecule has 3 heterocycles. The zero-order chi connectivity index (χ0) is 20.9. The SMILES string of the molecule is O=C(CN1CCCC1C(=O)NCc1ccco1)Nc1cc2c(cc1Cl)OCCCO2. The maximum atomic E-state index is 12.6. The summed E-state index contributed by atoms with van der Waals surface area (Å²) < 4.78 is 16.5. The van der Waals surface area contributed by atoms with Crippen LogP contribution in [-0.4, -0.2) is 49.1 Å². The Hall–Kier alpha value is -2.71. The number of anilines is 1. The van der Waals surface area contributed by atoms with Gasteiger partial charge in [0, 0.05) is 18.6 Å². The van der Waals surface area contributed by atoms with E-state index in [1.54, 1.807) is 30.5 Å². The summed E-state index contributed by atoms with van der Waals surface area (Å²) in [4.78, 5) is 27.1. The van der Waals surface area contributed by atoms with Crippen molar-refractivity contribution in [1.29, 1.82) is 0 Å². The number of ether oxygens (including phenoxy) is 2. The van der Waals surface area contributed by atoms with Gasteiger partial charge in [-0.15, -0.1) is 0 Å². The molecule has 1 aromatic carbocycles. The van der Waals surface area contributed by atoms with Crippen molar-refractivity contribution in [3.05, 3.63) is 41.3 Å². The van der Waals surface area contributed by atoms with E-state index in [1.165, 1.54) is 0 Å². The summed E-state index contributed by atoms with van der Waals surface area (Å²) in [5.74, 6) is 1.48. The van der Waals surface area contributed by atoms with Crippen LogP contribution in [0.4, 0.5) is 5.69 Å². The van der Waals surface area contributed by atoms with Crippen LogP contribution in [0, 0.1) is 0 Å². The van der Waals surface area contributed by atoms with Gasteiger partial charge >= 0.3 is 0 Å². The summed E-state index contributed by atoms with van der Waals surface area (Å²) in [6.07, 6.45) is 3.92. The van der Waals surface area contributed by atoms with Gasteiger partial charge < -0.3 is 24.5 Å². The molecule has 30 heavy (non-hydrogen) atoms. The number of carbonyl (C=O) groups excluding carboxylic acids is 2. The number of benzene rings is 1. The molecule has 0 saturated carbocycles. The van der Waals surface area contributed by atoms with Gasteiger partial charge in [-0.1, -0.05) is 11.6 Å². The Kier molecular flexibility index (Phi) is 6.44. The van der Waals surface area contributed by atoms with E-state index in [2.05, 4.69) is 10.6 Å². The van der Waals surface area contributed by atoms with Crippen LogP contribution in [0.2, 0.25) is 5.02 Å². The van der Waals surface area contributed by atoms with Crippen LogP contribution in [0.1, 0.15) is 25.0 Å². The van der Waals surface area contributed by atoms with Crippen molar-refractivity contribution in [2.45, 2.75) is 31.8 Å². The molecule has 1 fully saturated rings. The molecule has 160 valence electrons. The lowest BCUT2D eigenvalue weighted by atomic mass is 10.2. The van der Waals surface area contributed by atoms with Gasteiger partial charge in [0.05, 0.1) is 49.3 Å². The average Bonchev–Trinajstić information content (AvgIpc) is 3.36. The number of hydrogen-bond donors (Lipinski definition) is 2. The number of hydrogen-bond acceptors (Lipinski definition) is 6. The number of likely N-dealkylation sites (tertiary alicyclic amines) is 1. The highest BCUT2D eigenvalue weighted by Crippen LogP contribution is 2.37. The van der Waals surface area contributed by atoms with Gasteiger partial charge in [-0.2, -0.15) is 0 Å². The van der Waals surface area contributed by atoms with Crippen molar-refractivity contribution < 1.29 is 23.5 Å². The molecule has 2 amide bonds. The topological polar surface area (TPSA) is 93.0 Å². The first-order valence-electron chi connectivity index (χ1n) is 10.0. The number of nitrogens with zero attached hydrogens (tertiary/aromatic N) is 1. The molecule has 1 aromatic heterocycles. The lowest BCUT2D eigenvalue weighted by Crippen LogP contribution is -2.45. The second-order valence-electron chi connectivity index (χ2n) is 7.30. The monoisotopic (exact) mass is 433 g/mol. The van der Waals surface area contributed by atoms with Crippen molar-refractivity contribution in [3.63, 3.8) is 0 Å². The molecule has 0 aliphatic carbocycles. The minimum absolute atomic E-state index is 0.101. The summed E-state index contributed by atoms with van der Waals surface area (Å²) >= 11 is 6.31. The Labute approximate surface area is 179 Å². The molecule has 4 rings (SSSR count). The zero-order valence-electron chi connectivity index (χ0n) is 16.5. The molecule has 0 spiro atoms. The molecule has 2 aromatic rings. The number of fused-ring (bicyclic) bond motifs is 1. The molecular weight excluding hydrogens is 410 g/mol. The Morgan fingerprint density at radius 1 is 1.17 bits per heavy atom. The Bertz CT molecular complexity index is 902. The number of nitrogens with one attached hydrogen (secondary N) is 2. The number of rotatable bonds is 6. The summed E-state index contributed by atoms with van der Waals surface area (Å²) in [6.45, 7) is 2.22. The van der Waals surface area contributed by atoms with Gasteiger partial charge in [0.15, 0.2) is 11.5 Å². The highest BCUT2D eigenvalue weighted by Gasteiger charge is 2.32. The largest absolute Gasteiger partial charge is 0.490 e. The molecule has 0 bridgehead atoms. The van der Waals surface area contributed by atoms with Crippen molar-refractivity contribution in [3.8, 4) is 11.5 Å². The van der Waals surface area contributed by atoms with E-state index in [-0.39, 0.29) is 24.4 Å². The van der Waals surface area contributed by atoms with E-state index in [0.717, 1.165) is 12.8 Å². The predicted molar refractivity (Wildman–Crippen MR) is 111 cm³/mol. The van der Waals surface area contributed by atoms with E-state index in [0.29, 0.717) is 60.7 Å². The normalized spacial score (nSPS) is 18.6. The van der Waals surface area contributed by atoms with Gasteiger partial charge in [0.2, 0.25) is 11.8 Å². The smallest absolute Gasteiger partial charge is 0.238 e. The lowest BCUT2D eigenvalue weighted by Gasteiger charge is -2.23. The highest BCUT2D eigenvalue weighted by atomic mass is 35.5. The fourth-order valence-electron chi connectivity index (χ4n) is 3.67. The fourth-order valence-corrected chi connectivity index (χ4v) is 3.87. The summed E-state index contributed by atoms with van der Waals surface area (Å²) in [7, 11) is 0. The van der Waals surface area contributed by atoms with Crippen LogP contribution >= 0.6 is 11.6 Å². The molecule has 1 atom stereocenters. The molecule has 8 nitrogen and oxygen atoms in total. The van der Waals surface area contributed by atoms with Crippen molar-refractivity contribution in [2.24, 2.45) is 0 Å². The summed E-state index contributed by atoms with van der Waals surface area (Å²) in [6, 6.07) is 6.57. The van der Waals surface area contributed by atoms with Crippen LogP contribution in [-0.2, 0) is 16.1 Å². The summed E-state index contributed by atoms with van der Waals surface area (Å²) in [5.41, 5.74) is 0.462. The second kappa shape index (κ2) is 9.40. The van der Waals surface area contributed by atoms with Crippen LogP contribution in [0.15, 0.2) is 34.9 Å². The Morgan fingerprint density at radius 3 is 2.73 bits per heavy atom. The van der Waals surface area contributed by atoms with Gasteiger partial charge in [0.1, 0.15) is 5.76 Å². The number of carbonyl (C=O) groups is 2.